The number of H-pyrrole nitrogens is 2. The van der Waals surface area contributed by atoms with Crippen molar-refractivity contribution in [1.29, 1.82) is 0 Å². The lowest BCUT2D eigenvalue weighted by molar-refractivity contribution is 0.122. The molecule has 4 fully saturated rings. The summed E-state index contributed by atoms with van der Waals surface area (Å²) in [6.45, 7) is 9.98. The molecule has 376 valence electrons. The van der Waals surface area contributed by atoms with Gasteiger partial charge in [-0.1, -0.05) is 90.6 Å². The van der Waals surface area contributed by atoms with Crippen molar-refractivity contribution in [2.75, 3.05) is 106 Å². The average molecular weight is 1040 g/mol. The van der Waals surface area contributed by atoms with Crippen LogP contribution in [0.25, 0.3) is 22.5 Å². The van der Waals surface area contributed by atoms with E-state index in [0.717, 1.165) is 86.3 Å². The van der Waals surface area contributed by atoms with Crippen LogP contribution < -0.4 is 31.6 Å². The Labute approximate surface area is 439 Å². The largest absolute Gasteiger partial charge is 0.383 e. The molecule has 1 saturated carbocycles. The second-order valence-corrected chi connectivity index (χ2v) is 23.5. The number of aromatic nitrogens is 2. The fourth-order valence-corrected chi connectivity index (χ4v) is 15.3. The van der Waals surface area contributed by atoms with Crippen LogP contribution >= 0.6 is 47.0 Å². The van der Waals surface area contributed by atoms with Gasteiger partial charge in [-0.25, -0.2) is 0 Å². The number of hydrogen-bond donors (Lipinski definition) is 4. The minimum Gasteiger partial charge on any atom is -0.383 e. The summed E-state index contributed by atoms with van der Waals surface area (Å²) in [7, 11) is 1.77. The van der Waals surface area contributed by atoms with Gasteiger partial charge in [-0.3, -0.25) is 14.5 Å². The summed E-state index contributed by atoms with van der Waals surface area (Å²) in [6.07, 6.45) is 8.98. The average Bonchev–Trinajstić information content (AvgIpc) is 3.41. The van der Waals surface area contributed by atoms with Crippen molar-refractivity contribution in [1.82, 2.24) is 14.9 Å². The topological polar surface area (TPSA) is 127 Å². The zero-order valence-electron chi connectivity index (χ0n) is 40.8. The fraction of sp³-hybridized carbons (Fsp3) is 0.393. The second-order valence-electron chi connectivity index (χ2n) is 19.2. The van der Waals surface area contributed by atoms with Gasteiger partial charge in [0.15, 0.2) is 0 Å². The molecule has 0 amide bonds. The summed E-state index contributed by atoms with van der Waals surface area (Å²) >= 11 is 7.22. The minimum absolute atomic E-state index is 0.0658. The summed E-state index contributed by atoms with van der Waals surface area (Å²) in [4.78, 5) is 48.3. The molecule has 1 aliphatic carbocycles. The van der Waals surface area contributed by atoms with Crippen LogP contribution in [-0.2, 0) is 14.2 Å². The SMILES string of the molecule is COCCN1CCCC(Nc2ccc3c(c2)Sc2cccc(-c4cc(N5CCOCC5)cc(=O)[nH]4)c2S3)C1.O=c1cc(N2CCOCC2)cc(-c2cccc3c2Sc2ccc(NC4CCCCC4)cc2S3)[nH]1. The Balaban J connectivity index is 0.000000157. The van der Waals surface area contributed by atoms with E-state index in [-0.39, 0.29) is 11.1 Å². The Morgan fingerprint density at radius 2 is 1.07 bits per heavy atom. The number of ether oxygens (including phenoxy) is 3. The Bertz CT molecular complexity index is 2990. The summed E-state index contributed by atoms with van der Waals surface area (Å²) in [5.74, 6) is 0. The molecule has 4 N–H and O–H groups in total. The van der Waals surface area contributed by atoms with Gasteiger partial charge in [0, 0.05) is 144 Å². The van der Waals surface area contributed by atoms with Crippen molar-refractivity contribution in [2.24, 2.45) is 0 Å². The highest BCUT2D eigenvalue weighted by molar-refractivity contribution is 8.05. The molecular weight excluding hydrogens is 979 g/mol. The Hall–Kier alpha value is -4.78. The number of aromatic amines is 2. The van der Waals surface area contributed by atoms with Gasteiger partial charge in [-0.05, 0) is 92.9 Å². The molecule has 7 heterocycles. The van der Waals surface area contributed by atoms with Gasteiger partial charge in [0.25, 0.3) is 0 Å². The van der Waals surface area contributed by atoms with Gasteiger partial charge in [-0.15, -0.1) is 0 Å². The number of hydrogen-bond acceptors (Lipinski definition) is 14. The van der Waals surface area contributed by atoms with Crippen molar-refractivity contribution in [2.45, 2.75) is 96.2 Å². The van der Waals surface area contributed by atoms with Crippen LogP contribution in [0, 0.1) is 0 Å². The number of anilines is 4. The maximum Gasteiger partial charge on any atom is 0.250 e. The number of pyridine rings is 2. The van der Waals surface area contributed by atoms with Crippen molar-refractivity contribution in [3.63, 3.8) is 0 Å². The van der Waals surface area contributed by atoms with Gasteiger partial charge < -0.3 is 44.6 Å². The first-order chi connectivity index (χ1) is 35.4. The van der Waals surface area contributed by atoms with E-state index < -0.39 is 0 Å². The molecule has 12 rings (SSSR count). The third-order valence-corrected chi connectivity index (χ3v) is 19.4. The minimum atomic E-state index is -0.0744. The molecule has 0 radical (unpaired) electrons. The van der Waals surface area contributed by atoms with E-state index in [9.17, 15) is 9.59 Å². The van der Waals surface area contributed by atoms with Crippen LogP contribution in [0.15, 0.2) is 146 Å². The molecule has 2 aromatic heterocycles. The first kappa shape index (κ1) is 49.4. The number of nitrogens with zero attached hydrogens (tertiary/aromatic N) is 3. The Morgan fingerprint density at radius 3 is 1.60 bits per heavy atom. The van der Waals surface area contributed by atoms with Crippen LogP contribution in [-0.4, -0.2) is 113 Å². The highest BCUT2D eigenvalue weighted by atomic mass is 32.2. The zero-order chi connectivity index (χ0) is 48.8. The van der Waals surface area contributed by atoms with Gasteiger partial charge in [0.05, 0.1) is 44.4 Å². The normalized spacial score (nSPS) is 19.0. The zero-order valence-corrected chi connectivity index (χ0v) is 44.1. The van der Waals surface area contributed by atoms with Gasteiger partial charge >= 0.3 is 0 Å². The van der Waals surface area contributed by atoms with Crippen LogP contribution in [0.5, 0.6) is 0 Å². The van der Waals surface area contributed by atoms with E-state index >= 15 is 0 Å². The molecule has 16 heteroatoms. The lowest BCUT2D eigenvalue weighted by Gasteiger charge is -2.33. The smallest absolute Gasteiger partial charge is 0.250 e. The molecule has 5 aliphatic heterocycles. The highest BCUT2D eigenvalue weighted by Gasteiger charge is 2.26. The maximum absolute atomic E-state index is 12.6. The van der Waals surface area contributed by atoms with Crippen LogP contribution in [0.3, 0.4) is 0 Å². The number of piperidine rings is 1. The molecule has 1 unspecified atom stereocenters. The molecule has 1 atom stereocenters. The third kappa shape index (κ3) is 11.8. The van der Waals surface area contributed by atoms with E-state index in [4.69, 9.17) is 14.2 Å². The van der Waals surface area contributed by atoms with E-state index in [0.29, 0.717) is 38.5 Å². The molecule has 12 nitrogen and oxygen atoms in total. The van der Waals surface area contributed by atoms with Crippen molar-refractivity contribution < 1.29 is 14.2 Å². The van der Waals surface area contributed by atoms with Crippen LogP contribution in [0.1, 0.15) is 44.9 Å². The van der Waals surface area contributed by atoms with Crippen LogP contribution in [0.2, 0.25) is 0 Å². The molecule has 0 bridgehead atoms. The van der Waals surface area contributed by atoms with E-state index in [1.807, 2.05) is 23.5 Å². The third-order valence-electron chi connectivity index (χ3n) is 14.2. The molecule has 0 spiro atoms. The van der Waals surface area contributed by atoms with Gasteiger partial charge in [0.1, 0.15) is 0 Å². The van der Waals surface area contributed by atoms with E-state index in [1.165, 1.54) is 95.5 Å². The van der Waals surface area contributed by atoms with Crippen molar-refractivity contribution >= 4 is 69.8 Å². The van der Waals surface area contributed by atoms with Crippen LogP contribution in [0.4, 0.5) is 22.7 Å². The molecule has 6 aromatic rings. The first-order valence-corrected chi connectivity index (χ1v) is 28.8. The predicted molar refractivity (Wildman–Crippen MR) is 296 cm³/mol. The number of methoxy groups -OCH3 is 1. The number of morpholine rings is 2. The molecular formula is C56H63N7O5S4. The number of benzene rings is 4. The maximum atomic E-state index is 12.6. The predicted octanol–water partition coefficient (Wildman–Crippen LogP) is 11.3. The fourth-order valence-electron chi connectivity index (χ4n) is 10.5. The lowest BCUT2D eigenvalue weighted by atomic mass is 9.95. The molecule has 6 aliphatic rings. The first-order valence-electron chi connectivity index (χ1n) is 25.5. The summed E-state index contributed by atoms with van der Waals surface area (Å²) in [5.41, 5.74) is 8.07. The summed E-state index contributed by atoms with van der Waals surface area (Å²) in [6, 6.07) is 34.9. The van der Waals surface area contributed by atoms with Gasteiger partial charge in [0.2, 0.25) is 11.1 Å². The van der Waals surface area contributed by atoms with Gasteiger partial charge in [-0.2, -0.15) is 0 Å². The molecule has 3 saturated heterocycles. The standard InChI is InChI=1S/C29H34N4O3S2.C27H29N3O2S2/c1-35-13-10-32-9-3-4-21(19-32)30-20-7-8-25-27(16-20)37-26-6-2-5-23(29(26)38-25)24-17-22(18-28(34)31-24)33-11-14-36-15-12-33;31-26-17-20(30-11-13-32-14-12-30)16-22(29-26)21-7-4-8-24-27(21)34-23-10-9-19(15-25(23)33-24)28-18-5-2-1-3-6-18/h2,5-8,16-18,21,30H,3-4,9-15,19H2,1H3,(H,31,34);4,7-10,15-18,28H,1-3,5-6,11-14H2,(H,29,31). The number of fused-ring (bicyclic) bond motifs is 4. The van der Waals surface area contributed by atoms with Crippen molar-refractivity contribution in [3.8, 4) is 22.5 Å². The number of nitrogens with one attached hydrogen (secondary N) is 4. The number of likely N-dealkylation sites (tertiary alicyclic amines) is 1. The highest BCUT2D eigenvalue weighted by Crippen LogP contribution is 2.54. The molecule has 4 aromatic carbocycles. The second kappa shape index (κ2) is 23.2. The quantitative estimate of drug-likeness (QED) is 0.0981. The molecule has 72 heavy (non-hydrogen) atoms. The summed E-state index contributed by atoms with van der Waals surface area (Å²) < 4.78 is 16.3. The van der Waals surface area contributed by atoms with Crippen molar-refractivity contribution in [3.05, 3.63) is 118 Å². The Morgan fingerprint density at radius 1 is 0.556 bits per heavy atom. The summed E-state index contributed by atoms with van der Waals surface area (Å²) in [5, 5.41) is 7.54. The number of rotatable bonds is 11. The monoisotopic (exact) mass is 1040 g/mol. The van der Waals surface area contributed by atoms with E-state index in [2.05, 4.69) is 120 Å². The van der Waals surface area contributed by atoms with E-state index in [1.54, 1.807) is 42.8 Å². The Kier molecular flexibility index (Phi) is 15.9. The lowest BCUT2D eigenvalue weighted by Crippen LogP contribution is -2.43.